The van der Waals surface area contributed by atoms with Crippen molar-refractivity contribution in [1.82, 2.24) is 5.32 Å². The first kappa shape index (κ1) is 25.0. The summed E-state index contributed by atoms with van der Waals surface area (Å²) in [4.78, 5) is 24.7. The normalized spacial score (nSPS) is 23.0. The Bertz CT molecular complexity index is 781. The van der Waals surface area contributed by atoms with Crippen LogP contribution in [0.4, 0.5) is 0 Å². The minimum atomic E-state index is -1.04. The van der Waals surface area contributed by atoms with E-state index in [1.54, 1.807) is 6.07 Å². The summed E-state index contributed by atoms with van der Waals surface area (Å²) >= 11 is 0. The Hall–Kier alpha value is -1.66. The summed E-state index contributed by atoms with van der Waals surface area (Å²) in [6.45, 7) is 8.18. The van der Waals surface area contributed by atoms with Gasteiger partial charge in [-0.15, -0.1) is 0 Å². The molecule has 3 rings (SSSR count). The predicted octanol–water partition coefficient (Wildman–Crippen LogP) is 4.86. The number of nitrogens with one attached hydrogen (secondary N) is 1. The molecule has 0 amide bonds. The van der Waals surface area contributed by atoms with Crippen LogP contribution >= 0.6 is 0 Å². The smallest absolute Gasteiger partial charge is 0.526 e. The summed E-state index contributed by atoms with van der Waals surface area (Å²) in [7, 11) is -1.04. The highest BCUT2D eigenvalue weighted by Crippen LogP contribution is 2.37. The molecule has 6 heteroatoms. The third-order valence-corrected chi connectivity index (χ3v) is 7.07. The van der Waals surface area contributed by atoms with Crippen LogP contribution in [0.3, 0.4) is 0 Å². The SMILES string of the molecule is CC(=O)c1cccc2c1OB(O)[C@@H](CC(=O)CC1CCCC(CNCCCC(C)C)C1)C2. The number of rotatable bonds is 11. The number of para-hydroxylation sites is 1. The third-order valence-electron chi connectivity index (χ3n) is 7.07. The zero-order valence-electron chi connectivity index (χ0n) is 20.1. The molecule has 1 aliphatic heterocycles. The van der Waals surface area contributed by atoms with Crippen molar-refractivity contribution >= 4 is 18.7 Å². The molecule has 176 valence electrons. The summed E-state index contributed by atoms with van der Waals surface area (Å²) in [6.07, 6.45) is 8.71. The lowest BCUT2D eigenvalue weighted by Gasteiger charge is -2.30. The first-order valence-corrected chi connectivity index (χ1v) is 12.5. The number of carbonyl (C=O) groups is 2. The molecule has 2 unspecified atom stereocenters. The molecule has 0 spiro atoms. The van der Waals surface area contributed by atoms with Crippen LogP contribution in [0.25, 0.3) is 0 Å². The van der Waals surface area contributed by atoms with E-state index in [9.17, 15) is 14.6 Å². The van der Waals surface area contributed by atoms with E-state index in [2.05, 4.69) is 19.2 Å². The molecule has 0 aromatic heterocycles. The lowest BCUT2D eigenvalue weighted by atomic mass is 9.64. The number of ketones is 2. The monoisotopic (exact) mass is 441 g/mol. The molecule has 0 saturated heterocycles. The van der Waals surface area contributed by atoms with E-state index in [0.717, 1.165) is 37.4 Å². The van der Waals surface area contributed by atoms with Gasteiger partial charge in [0.15, 0.2) is 5.78 Å². The van der Waals surface area contributed by atoms with Crippen molar-refractivity contribution in [3.8, 4) is 5.75 Å². The van der Waals surface area contributed by atoms with E-state index in [0.29, 0.717) is 42.4 Å². The minimum Gasteiger partial charge on any atom is -0.535 e. The average molecular weight is 441 g/mol. The second kappa shape index (κ2) is 12.0. The fraction of sp³-hybridized carbons (Fsp3) is 0.692. The van der Waals surface area contributed by atoms with Gasteiger partial charge in [-0.1, -0.05) is 38.8 Å². The molecule has 1 aliphatic carbocycles. The fourth-order valence-corrected chi connectivity index (χ4v) is 5.35. The van der Waals surface area contributed by atoms with Gasteiger partial charge in [0.1, 0.15) is 11.5 Å². The van der Waals surface area contributed by atoms with Crippen molar-refractivity contribution in [1.29, 1.82) is 0 Å². The molecule has 1 saturated carbocycles. The average Bonchev–Trinajstić information content (AvgIpc) is 2.73. The molecule has 1 aromatic rings. The molecule has 32 heavy (non-hydrogen) atoms. The van der Waals surface area contributed by atoms with Gasteiger partial charge in [0.2, 0.25) is 0 Å². The highest BCUT2D eigenvalue weighted by molar-refractivity contribution is 6.47. The molecule has 2 aliphatic rings. The minimum absolute atomic E-state index is 0.0789. The maximum atomic E-state index is 12.8. The van der Waals surface area contributed by atoms with Crippen LogP contribution in [0.2, 0.25) is 5.82 Å². The predicted molar refractivity (Wildman–Crippen MR) is 129 cm³/mol. The Kier molecular flexibility index (Phi) is 9.36. The summed E-state index contributed by atoms with van der Waals surface area (Å²) in [5.74, 6) is 2.26. The van der Waals surface area contributed by atoms with Gasteiger partial charge in [0.05, 0.1) is 5.56 Å². The number of carbonyl (C=O) groups excluding carboxylic acids is 2. The molecule has 0 bridgehead atoms. The van der Waals surface area contributed by atoms with Crippen LogP contribution in [0.5, 0.6) is 5.75 Å². The van der Waals surface area contributed by atoms with Crippen molar-refractivity contribution in [3.05, 3.63) is 29.3 Å². The van der Waals surface area contributed by atoms with E-state index in [1.165, 1.54) is 32.6 Å². The van der Waals surface area contributed by atoms with Crippen LogP contribution in [0.1, 0.15) is 88.1 Å². The summed E-state index contributed by atoms with van der Waals surface area (Å²) in [6, 6.07) is 5.48. The van der Waals surface area contributed by atoms with Gasteiger partial charge in [-0.3, -0.25) is 9.59 Å². The second-order valence-electron chi connectivity index (χ2n) is 10.4. The lowest BCUT2D eigenvalue weighted by Crippen LogP contribution is -2.36. The van der Waals surface area contributed by atoms with Crippen LogP contribution in [-0.4, -0.2) is 36.8 Å². The van der Waals surface area contributed by atoms with Gasteiger partial charge in [-0.05, 0) is 81.5 Å². The van der Waals surface area contributed by atoms with E-state index in [4.69, 9.17) is 4.65 Å². The second-order valence-corrected chi connectivity index (χ2v) is 10.4. The fourth-order valence-electron chi connectivity index (χ4n) is 5.35. The molecule has 2 N–H and O–H groups in total. The summed E-state index contributed by atoms with van der Waals surface area (Å²) in [5.41, 5.74) is 1.40. The maximum Gasteiger partial charge on any atom is 0.526 e. The first-order valence-electron chi connectivity index (χ1n) is 12.5. The van der Waals surface area contributed by atoms with Gasteiger partial charge in [-0.25, -0.2) is 0 Å². The number of Topliss-reactive ketones (excluding diaryl/α,β-unsaturated/α-hetero) is 2. The van der Waals surface area contributed by atoms with Crippen LogP contribution in [0, 0.1) is 17.8 Å². The van der Waals surface area contributed by atoms with Crippen LogP contribution in [-0.2, 0) is 11.2 Å². The van der Waals surface area contributed by atoms with Gasteiger partial charge in [0, 0.05) is 18.7 Å². The topological polar surface area (TPSA) is 75.6 Å². The Balaban J connectivity index is 1.45. The lowest BCUT2D eigenvalue weighted by molar-refractivity contribution is -0.120. The molecule has 3 atom stereocenters. The standard InChI is InChI=1S/C26H40BNO4/c1-18(2)7-6-12-28-17-21-9-4-8-20(13-21)14-24(30)16-23-15-22-10-5-11-25(19(3)29)26(22)32-27(23)31/h5,10-11,18,20-21,23,28,31H,4,6-9,12-17H2,1-3H3/t20?,21?,23-/m1/s1. The Labute approximate surface area is 193 Å². The Morgan fingerprint density at radius 1 is 1.22 bits per heavy atom. The highest BCUT2D eigenvalue weighted by atomic mass is 16.5. The van der Waals surface area contributed by atoms with Gasteiger partial charge in [-0.2, -0.15) is 0 Å². The van der Waals surface area contributed by atoms with Gasteiger partial charge in [0.25, 0.3) is 0 Å². The van der Waals surface area contributed by atoms with Crippen LogP contribution in [0.15, 0.2) is 18.2 Å². The quantitative estimate of drug-likeness (QED) is 0.292. The maximum absolute atomic E-state index is 12.8. The first-order chi connectivity index (χ1) is 15.3. The molecular formula is C26H40BNO4. The zero-order valence-corrected chi connectivity index (χ0v) is 20.1. The molecule has 5 nitrogen and oxygen atoms in total. The van der Waals surface area contributed by atoms with E-state index in [1.807, 2.05) is 12.1 Å². The third kappa shape index (κ3) is 7.18. The molecule has 1 heterocycles. The number of fused-ring (bicyclic) bond motifs is 1. The van der Waals surface area contributed by atoms with Crippen molar-refractivity contribution in [2.45, 2.75) is 84.4 Å². The van der Waals surface area contributed by atoms with Crippen LogP contribution < -0.4 is 9.97 Å². The van der Waals surface area contributed by atoms with Crippen molar-refractivity contribution in [3.63, 3.8) is 0 Å². The van der Waals surface area contributed by atoms with Crippen molar-refractivity contribution in [2.75, 3.05) is 13.1 Å². The zero-order chi connectivity index (χ0) is 23.1. The number of hydrogen-bond donors (Lipinski definition) is 2. The van der Waals surface area contributed by atoms with E-state index in [-0.39, 0.29) is 17.4 Å². The van der Waals surface area contributed by atoms with E-state index < -0.39 is 7.12 Å². The van der Waals surface area contributed by atoms with Gasteiger partial charge >= 0.3 is 7.12 Å². The summed E-state index contributed by atoms with van der Waals surface area (Å²) < 4.78 is 5.70. The largest absolute Gasteiger partial charge is 0.535 e. The van der Waals surface area contributed by atoms with Gasteiger partial charge < -0.3 is 15.0 Å². The van der Waals surface area contributed by atoms with Crippen molar-refractivity contribution in [2.24, 2.45) is 17.8 Å². The number of benzene rings is 1. The molecule has 1 aromatic carbocycles. The summed E-state index contributed by atoms with van der Waals surface area (Å²) in [5, 5.41) is 14.1. The Morgan fingerprint density at radius 3 is 2.75 bits per heavy atom. The molecular weight excluding hydrogens is 401 g/mol. The molecule has 1 fully saturated rings. The van der Waals surface area contributed by atoms with E-state index >= 15 is 0 Å². The van der Waals surface area contributed by atoms with Crippen molar-refractivity contribution < 1.29 is 19.3 Å². The Morgan fingerprint density at radius 2 is 2.00 bits per heavy atom. The molecule has 0 radical (unpaired) electrons. The number of hydrogen-bond acceptors (Lipinski definition) is 5. The highest BCUT2D eigenvalue weighted by Gasteiger charge is 2.37.